The van der Waals surface area contributed by atoms with E-state index in [0.717, 1.165) is 22.7 Å². The van der Waals surface area contributed by atoms with Crippen molar-refractivity contribution in [3.8, 4) is 9.75 Å². The van der Waals surface area contributed by atoms with E-state index in [0.29, 0.717) is 47.3 Å². The first-order valence-electron chi connectivity index (χ1n) is 6.82. The topological polar surface area (TPSA) is 36.9 Å². The van der Waals surface area contributed by atoms with Gasteiger partial charge in [0.1, 0.15) is 0 Å². The van der Waals surface area contributed by atoms with Crippen LogP contribution in [0.3, 0.4) is 0 Å². The molecule has 2 aromatic rings. The summed E-state index contributed by atoms with van der Waals surface area (Å²) < 4.78 is 51.6. The molecule has 0 saturated carbocycles. The lowest BCUT2D eigenvalue weighted by molar-refractivity contribution is -0.483. The van der Waals surface area contributed by atoms with Crippen molar-refractivity contribution in [3.05, 3.63) is 33.5 Å². The van der Waals surface area contributed by atoms with E-state index < -0.39 is 11.6 Å². The molecule has 1 aliphatic carbocycles. The fourth-order valence-electron chi connectivity index (χ4n) is 3.42. The van der Waals surface area contributed by atoms with Gasteiger partial charge in [0.25, 0.3) is 11.6 Å². The van der Waals surface area contributed by atoms with Gasteiger partial charge in [0.15, 0.2) is 10.3 Å². The minimum absolute atomic E-state index is 0.296. The minimum atomic E-state index is -1.37. The van der Waals surface area contributed by atoms with Gasteiger partial charge in [-0.15, -0.1) is 22.7 Å². The largest absolute Gasteiger partial charge is 0.339 e. The fraction of sp³-hybridized carbons (Fsp3) is 0.429. The van der Waals surface area contributed by atoms with Crippen LogP contribution in [0.5, 0.6) is 0 Å². The van der Waals surface area contributed by atoms with E-state index in [-0.39, 0.29) is 10.3 Å². The molecule has 0 aromatic carbocycles. The number of fused-ring (bicyclic) bond motifs is 3. The molecule has 0 radical (unpaired) electrons. The van der Waals surface area contributed by atoms with Crippen LogP contribution in [0.2, 0.25) is 0 Å². The molecule has 0 spiro atoms. The molecule has 2 aromatic heterocycles. The molecule has 2 saturated heterocycles. The van der Waals surface area contributed by atoms with E-state index in [1.54, 1.807) is 0 Å². The number of ether oxygens (including phenoxy) is 4. The van der Waals surface area contributed by atoms with Crippen molar-refractivity contribution in [2.24, 2.45) is 0 Å². The molecule has 4 heterocycles. The predicted octanol–water partition coefficient (Wildman–Crippen LogP) is 3.17. The van der Waals surface area contributed by atoms with Crippen molar-refractivity contribution < 1.29 is 27.7 Å². The maximum atomic E-state index is 13.9. The van der Waals surface area contributed by atoms with Crippen molar-refractivity contribution in [2.75, 3.05) is 26.4 Å². The molecule has 0 atom stereocenters. The van der Waals surface area contributed by atoms with E-state index in [1.807, 2.05) is 0 Å². The van der Waals surface area contributed by atoms with Crippen LogP contribution in [0.4, 0.5) is 8.78 Å². The highest BCUT2D eigenvalue weighted by atomic mass is 32.1. The highest BCUT2D eigenvalue weighted by molar-refractivity contribution is 7.21. The first-order chi connectivity index (χ1) is 10.7. The first-order valence-corrected chi connectivity index (χ1v) is 8.45. The van der Waals surface area contributed by atoms with Crippen LogP contribution in [0.25, 0.3) is 9.75 Å². The van der Waals surface area contributed by atoms with Gasteiger partial charge in [-0.05, 0) is 12.1 Å². The van der Waals surface area contributed by atoms with Crippen LogP contribution in [0.1, 0.15) is 11.1 Å². The molecular weight excluding hydrogens is 334 g/mol. The van der Waals surface area contributed by atoms with Crippen molar-refractivity contribution in [1.29, 1.82) is 0 Å². The quantitative estimate of drug-likeness (QED) is 0.736. The third-order valence-electron chi connectivity index (χ3n) is 4.14. The van der Waals surface area contributed by atoms with Gasteiger partial charge in [0.2, 0.25) is 0 Å². The van der Waals surface area contributed by atoms with Crippen LogP contribution in [0.15, 0.2) is 12.1 Å². The second-order valence-electron chi connectivity index (χ2n) is 5.21. The summed E-state index contributed by atoms with van der Waals surface area (Å²) in [6, 6.07) is 2.75. The van der Waals surface area contributed by atoms with Crippen molar-refractivity contribution in [1.82, 2.24) is 0 Å². The Hall–Kier alpha value is -0.900. The van der Waals surface area contributed by atoms with Gasteiger partial charge in [0, 0.05) is 11.1 Å². The fourth-order valence-corrected chi connectivity index (χ4v) is 5.42. The summed E-state index contributed by atoms with van der Waals surface area (Å²) in [7, 11) is 0. The molecular formula is C14H10F2O4S2. The summed E-state index contributed by atoms with van der Waals surface area (Å²) in [6.45, 7) is 1.18. The summed E-state index contributed by atoms with van der Waals surface area (Å²) in [6.07, 6.45) is 0. The lowest BCUT2D eigenvalue weighted by Crippen LogP contribution is -2.63. The third kappa shape index (κ3) is 1.43. The summed E-state index contributed by atoms with van der Waals surface area (Å²) >= 11 is 1.91. The second kappa shape index (κ2) is 4.34. The monoisotopic (exact) mass is 344 g/mol. The number of hydrogen-bond donors (Lipinski definition) is 0. The molecule has 22 heavy (non-hydrogen) atoms. The Morgan fingerprint density at radius 2 is 1.09 bits per heavy atom. The molecule has 0 amide bonds. The molecule has 0 N–H and O–H groups in total. The van der Waals surface area contributed by atoms with Crippen LogP contribution in [0, 0.1) is 10.3 Å². The Morgan fingerprint density at radius 1 is 0.727 bits per heavy atom. The van der Waals surface area contributed by atoms with Gasteiger partial charge in [0.05, 0.1) is 36.2 Å². The average molecular weight is 344 g/mol. The molecule has 3 aliphatic rings. The Bertz CT molecular complexity index is 693. The summed E-state index contributed by atoms with van der Waals surface area (Å²) in [5.74, 6) is -2.75. The second-order valence-corrected chi connectivity index (χ2v) is 7.22. The lowest BCUT2D eigenvalue weighted by atomic mass is 9.83. The van der Waals surface area contributed by atoms with Crippen molar-refractivity contribution >= 4 is 22.7 Å². The Balaban J connectivity index is 1.89. The molecule has 5 rings (SSSR count). The maximum absolute atomic E-state index is 13.9. The summed E-state index contributed by atoms with van der Waals surface area (Å²) in [5, 5.41) is -0.753. The van der Waals surface area contributed by atoms with Gasteiger partial charge in [-0.25, -0.2) is 0 Å². The number of thiophene rings is 2. The molecule has 0 unspecified atom stereocenters. The number of rotatable bonds is 0. The number of hydrogen-bond acceptors (Lipinski definition) is 6. The average Bonchev–Trinajstić information content (AvgIpc) is 3.10. The van der Waals surface area contributed by atoms with E-state index in [1.165, 1.54) is 12.1 Å². The predicted molar refractivity (Wildman–Crippen MR) is 74.7 cm³/mol. The van der Waals surface area contributed by atoms with Crippen LogP contribution in [-0.4, -0.2) is 26.4 Å². The van der Waals surface area contributed by atoms with Crippen LogP contribution < -0.4 is 0 Å². The Morgan fingerprint density at radius 3 is 1.45 bits per heavy atom. The molecule has 2 aliphatic heterocycles. The van der Waals surface area contributed by atoms with Gasteiger partial charge < -0.3 is 18.9 Å². The van der Waals surface area contributed by atoms with E-state index in [4.69, 9.17) is 18.9 Å². The van der Waals surface area contributed by atoms with Crippen LogP contribution >= 0.6 is 22.7 Å². The molecule has 0 bridgehead atoms. The van der Waals surface area contributed by atoms with Gasteiger partial charge in [-0.2, -0.15) is 8.78 Å². The van der Waals surface area contributed by atoms with E-state index >= 15 is 0 Å². The van der Waals surface area contributed by atoms with Crippen molar-refractivity contribution in [2.45, 2.75) is 11.6 Å². The molecule has 4 nitrogen and oxygen atoms in total. The van der Waals surface area contributed by atoms with E-state index in [2.05, 4.69) is 0 Å². The molecule has 2 fully saturated rings. The van der Waals surface area contributed by atoms with Gasteiger partial charge >= 0.3 is 0 Å². The molecule has 116 valence electrons. The van der Waals surface area contributed by atoms with Crippen LogP contribution in [-0.2, 0) is 30.5 Å². The highest BCUT2D eigenvalue weighted by Crippen LogP contribution is 2.62. The maximum Gasteiger partial charge on any atom is 0.257 e. The van der Waals surface area contributed by atoms with Crippen molar-refractivity contribution in [3.63, 3.8) is 0 Å². The third-order valence-corrected chi connectivity index (χ3v) is 6.15. The summed E-state index contributed by atoms with van der Waals surface area (Å²) in [5.41, 5.74) is 1.03. The normalized spacial score (nSPS) is 32.8. The standard InChI is InChI=1S/C14H10F2O4S2/c15-9-5-7-11(21-9)12-8(6-10(16)22-12)14-13(7,17-1-2-18-14)19-3-4-20-14/h5-6H,1-4H2. The number of halogens is 2. The van der Waals surface area contributed by atoms with E-state index in [9.17, 15) is 8.78 Å². The van der Waals surface area contributed by atoms with Gasteiger partial charge in [-0.1, -0.05) is 0 Å². The lowest BCUT2D eigenvalue weighted by Gasteiger charge is -2.55. The zero-order valence-electron chi connectivity index (χ0n) is 11.2. The summed E-state index contributed by atoms with van der Waals surface area (Å²) in [4.78, 5) is 1.24. The SMILES string of the molecule is Fc1cc2c(s1)-c1sc(F)cc1C13OCCOC21OCCO3. The first kappa shape index (κ1) is 13.5. The minimum Gasteiger partial charge on any atom is -0.339 e. The zero-order chi connectivity index (χ0) is 14.9. The Labute approximate surface area is 132 Å². The van der Waals surface area contributed by atoms with Gasteiger partial charge in [-0.3, -0.25) is 0 Å². The smallest absolute Gasteiger partial charge is 0.257 e. The molecule has 8 heteroatoms. The Kier molecular flexibility index (Phi) is 2.67. The highest BCUT2D eigenvalue weighted by Gasteiger charge is 2.67. The zero-order valence-corrected chi connectivity index (χ0v) is 12.8.